The van der Waals surface area contributed by atoms with Crippen LogP contribution in [-0.4, -0.2) is 0 Å². The Morgan fingerprint density at radius 2 is 1.47 bits per heavy atom. The van der Waals surface area contributed by atoms with E-state index >= 15 is 0 Å². The fraction of sp³-hybridized carbons (Fsp3) is 0. The van der Waals surface area contributed by atoms with Gasteiger partial charge in [0.25, 0.3) is 0 Å². The van der Waals surface area contributed by atoms with E-state index in [0.29, 0.717) is 0 Å². The van der Waals surface area contributed by atoms with Crippen molar-refractivity contribution in [3.8, 4) is 11.1 Å². The highest BCUT2D eigenvalue weighted by Gasteiger charge is 1.99. The average Bonchev–Trinajstić information content (AvgIpc) is 2.31. The van der Waals surface area contributed by atoms with Crippen molar-refractivity contribution in [2.24, 2.45) is 0 Å². The summed E-state index contributed by atoms with van der Waals surface area (Å²) in [7, 11) is 0. The summed E-state index contributed by atoms with van der Waals surface area (Å²) in [6.45, 7) is 0. The van der Waals surface area contributed by atoms with Crippen molar-refractivity contribution in [2.45, 2.75) is 0 Å². The van der Waals surface area contributed by atoms with Crippen molar-refractivity contribution >= 4 is 22.0 Å². The van der Waals surface area contributed by atoms with Gasteiger partial charge in [-0.3, -0.25) is 0 Å². The highest BCUT2D eigenvalue weighted by molar-refractivity contribution is 9.11. The highest BCUT2D eigenvalue weighted by atomic mass is 79.9. The summed E-state index contributed by atoms with van der Waals surface area (Å²) in [6.07, 6.45) is 2.06. The molecular formula is C14H11Br. The molecule has 2 aromatic rings. The molecule has 0 saturated carbocycles. The third kappa shape index (κ3) is 2.37. The lowest BCUT2D eigenvalue weighted by Gasteiger charge is -2.05. The molecule has 74 valence electrons. The molecule has 1 heteroatoms. The zero-order chi connectivity index (χ0) is 10.5. The van der Waals surface area contributed by atoms with Crippen LogP contribution in [0, 0.1) is 0 Å². The van der Waals surface area contributed by atoms with Gasteiger partial charge in [0.2, 0.25) is 0 Å². The van der Waals surface area contributed by atoms with Gasteiger partial charge in [0, 0.05) is 0 Å². The van der Waals surface area contributed by atoms with Gasteiger partial charge < -0.3 is 0 Å². The van der Waals surface area contributed by atoms with Crippen LogP contribution in [0.3, 0.4) is 0 Å². The summed E-state index contributed by atoms with van der Waals surface area (Å²) in [5.41, 5.74) is 3.73. The maximum Gasteiger partial charge on any atom is -0.0111 e. The van der Waals surface area contributed by atoms with Crippen molar-refractivity contribution in [3.63, 3.8) is 0 Å². The lowest BCUT2D eigenvalue weighted by atomic mass is 10.00. The molecule has 2 rings (SSSR count). The summed E-state index contributed by atoms with van der Waals surface area (Å²) in [5, 5.41) is 0. The molecule has 0 aliphatic heterocycles. The summed E-state index contributed by atoms with van der Waals surface area (Å²) in [5.74, 6) is 0. The maximum absolute atomic E-state index is 3.31. The molecule has 0 aliphatic carbocycles. The van der Waals surface area contributed by atoms with Gasteiger partial charge >= 0.3 is 0 Å². The zero-order valence-electron chi connectivity index (χ0n) is 8.23. The van der Waals surface area contributed by atoms with Crippen LogP contribution in [0.25, 0.3) is 17.2 Å². The first-order valence-electron chi connectivity index (χ1n) is 4.83. The highest BCUT2D eigenvalue weighted by Crippen LogP contribution is 2.24. The van der Waals surface area contributed by atoms with E-state index in [9.17, 15) is 0 Å². The molecule has 2 aromatic carbocycles. The molecule has 0 aromatic heterocycles. The molecule has 0 aliphatic rings. The minimum Gasteiger partial charge on any atom is -0.0622 e. The van der Waals surface area contributed by atoms with E-state index in [1.165, 1.54) is 16.7 Å². The van der Waals surface area contributed by atoms with Crippen molar-refractivity contribution < 1.29 is 0 Å². The number of hydrogen-bond acceptors (Lipinski definition) is 0. The van der Waals surface area contributed by atoms with Gasteiger partial charge in [0.05, 0.1) is 0 Å². The normalized spacial score (nSPS) is 10.7. The number of hydrogen-bond donors (Lipinski definition) is 0. The Balaban J connectivity index is 2.53. The second kappa shape index (κ2) is 4.94. The van der Waals surface area contributed by atoms with E-state index in [2.05, 4.69) is 70.5 Å². The Morgan fingerprint density at radius 1 is 0.800 bits per heavy atom. The van der Waals surface area contributed by atoms with Crippen LogP contribution in [0.4, 0.5) is 0 Å². The first kappa shape index (κ1) is 10.2. The summed E-state index contributed by atoms with van der Waals surface area (Å²) in [4.78, 5) is 1.88. The van der Waals surface area contributed by atoms with Crippen LogP contribution in [0.1, 0.15) is 5.56 Å². The largest absolute Gasteiger partial charge is 0.0622 e. The SMILES string of the molecule is Br/C=C\c1ccccc1-c1ccccc1. The van der Waals surface area contributed by atoms with Gasteiger partial charge in [-0.15, -0.1) is 0 Å². The summed E-state index contributed by atoms with van der Waals surface area (Å²) in [6, 6.07) is 18.8. The molecule has 0 radical (unpaired) electrons. The van der Waals surface area contributed by atoms with Gasteiger partial charge in [-0.05, 0) is 27.8 Å². The van der Waals surface area contributed by atoms with Crippen LogP contribution in [0.2, 0.25) is 0 Å². The maximum atomic E-state index is 3.31. The monoisotopic (exact) mass is 258 g/mol. The van der Waals surface area contributed by atoms with E-state index in [-0.39, 0.29) is 0 Å². The van der Waals surface area contributed by atoms with Gasteiger partial charge in [-0.1, -0.05) is 70.5 Å². The lowest BCUT2D eigenvalue weighted by Crippen LogP contribution is -1.81. The van der Waals surface area contributed by atoms with Crippen molar-refractivity contribution in [1.82, 2.24) is 0 Å². The lowest BCUT2D eigenvalue weighted by molar-refractivity contribution is 1.59. The van der Waals surface area contributed by atoms with Crippen LogP contribution < -0.4 is 0 Å². The predicted molar refractivity (Wildman–Crippen MR) is 69.8 cm³/mol. The van der Waals surface area contributed by atoms with E-state index in [4.69, 9.17) is 0 Å². The molecule has 0 fully saturated rings. The molecule has 0 heterocycles. The van der Waals surface area contributed by atoms with E-state index < -0.39 is 0 Å². The average molecular weight is 259 g/mol. The Morgan fingerprint density at radius 3 is 2.20 bits per heavy atom. The molecule has 0 spiro atoms. The fourth-order valence-electron chi connectivity index (χ4n) is 1.59. The minimum atomic E-state index is 1.22. The molecule has 0 saturated heterocycles. The summed E-state index contributed by atoms with van der Waals surface area (Å²) < 4.78 is 0. The molecule has 15 heavy (non-hydrogen) atoms. The van der Waals surface area contributed by atoms with Gasteiger partial charge in [-0.25, -0.2) is 0 Å². The van der Waals surface area contributed by atoms with Crippen LogP contribution >= 0.6 is 15.9 Å². The zero-order valence-corrected chi connectivity index (χ0v) is 9.81. The molecule has 0 nitrogen and oxygen atoms in total. The van der Waals surface area contributed by atoms with E-state index in [1.807, 2.05) is 11.1 Å². The Labute approximate surface area is 98.4 Å². The number of halogens is 1. The Kier molecular flexibility index (Phi) is 3.36. The second-order valence-electron chi connectivity index (χ2n) is 3.25. The van der Waals surface area contributed by atoms with Crippen LogP contribution in [-0.2, 0) is 0 Å². The first-order valence-corrected chi connectivity index (χ1v) is 5.74. The molecule has 0 unspecified atom stereocenters. The first-order chi connectivity index (χ1) is 7.42. The Bertz CT molecular complexity index is 458. The molecule has 0 amide bonds. The van der Waals surface area contributed by atoms with Crippen molar-refractivity contribution in [2.75, 3.05) is 0 Å². The topological polar surface area (TPSA) is 0 Å². The van der Waals surface area contributed by atoms with Gasteiger partial charge in [0.15, 0.2) is 0 Å². The van der Waals surface area contributed by atoms with E-state index in [0.717, 1.165) is 0 Å². The fourth-order valence-corrected chi connectivity index (χ4v) is 1.88. The van der Waals surface area contributed by atoms with E-state index in [1.54, 1.807) is 0 Å². The summed E-state index contributed by atoms with van der Waals surface area (Å²) >= 11 is 3.31. The van der Waals surface area contributed by atoms with Crippen LogP contribution in [0.15, 0.2) is 59.6 Å². The van der Waals surface area contributed by atoms with Crippen molar-refractivity contribution in [1.29, 1.82) is 0 Å². The van der Waals surface area contributed by atoms with Gasteiger partial charge in [0.1, 0.15) is 0 Å². The quantitative estimate of drug-likeness (QED) is 0.732. The van der Waals surface area contributed by atoms with Gasteiger partial charge in [-0.2, -0.15) is 0 Å². The molecular weight excluding hydrogens is 248 g/mol. The number of benzene rings is 2. The predicted octanol–water partition coefficient (Wildman–Crippen LogP) is 4.72. The third-order valence-electron chi connectivity index (χ3n) is 2.29. The molecule has 0 atom stereocenters. The van der Waals surface area contributed by atoms with Crippen molar-refractivity contribution in [3.05, 3.63) is 65.1 Å². The molecule has 0 bridgehead atoms. The second-order valence-corrected chi connectivity index (χ2v) is 3.77. The third-order valence-corrected chi connectivity index (χ3v) is 2.55. The Hall–Kier alpha value is -1.34. The smallest absolute Gasteiger partial charge is 0.0111 e. The van der Waals surface area contributed by atoms with Crippen LogP contribution in [0.5, 0.6) is 0 Å². The number of rotatable bonds is 2. The minimum absolute atomic E-state index is 1.22. The standard InChI is InChI=1S/C14H11Br/c15-11-10-13-8-4-5-9-14(13)12-6-2-1-3-7-12/h1-11H/b11-10-. The molecule has 0 N–H and O–H groups in total.